The van der Waals surface area contributed by atoms with E-state index in [1.165, 1.54) is 11.1 Å². The Hall–Kier alpha value is -7.56. The molecule has 11 rings (SSSR count). The van der Waals surface area contributed by atoms with Crippen molar-refractivity contribution < 1.29 is 0 Å². The SMILES string of the molecule is c1ccc(-c2cc(-c3ccccc3)cc(N3c4ccccc4-c4c(n(-c5nc(-c6ccccc6)c6ccccc6n5)c5ccccc45)-c4ccccc43)c2)cc1. The average molecular weight is 715 g/mol. The highest BCUT2D eigenvalue weighted by molar-refractivity contribution is 6.13. The Morgan fingerprint density at radius 1 is 0.375 bits per heavy atom. The van der Waals surface area contributed by atoms with Crippen LogP contribution in [0, 0.1) is 0 Å². The van der Waals surface area contributed by atoms with E-state index in [4.69, 9.17) is 9.97 Å². The molecule has 262 valence electrons. The van der Waals surface area contributed by atoms with Gasteiger partial charge < -0.3 is 4.90 Å². The van der Waals surface area contributed by atoms with Crippen molar-refractivity contribution in [3.63, 3.8) is 0 Å². The van der Waals surface area contributed by atoms with Crippen LogP contribution in [0.4, 0.5) is 17.1 Å². The number of benzene rings is 8. The van der Waals surface area contributed by atoms with Gasteiger partial charge in [0.1, 0.15) is 0 Å². The summed E-state index contributed by atoms with van der Waals surface area (Å²) in [5, 5.41) is 2.17. The van der Waals surface area contributed by atoms with Gasteiger partial charge in [-0.15, -0.1) is 0 Å². The maximum Gasteiger partial charge on any atom is 0.235 e. The molecule has 0 fully saturated rings. The first-order valence-corrected chi connectivity index (χ1v) is 19.0. The Morgan fingerprint density at radius 3 is 1.57 bits per heavy atom. The molecule has 0 N–H and O–H groups in total. The molecular weight excluding hydrogens is 681 g/mol. The monoisotopic (exact) mass is 714 g/mol. The fraction of sp³-hybridized carbons (Fsp3) is 0. The summed E-state index contributed by atoms with van der Waals surface area (Å²) in [6.45, 7) is 0. The quantitative estimate of drug-likeness (QED) is 0.178. The fourth-order valence-corrected chi connectivity index (χ4v) is 8.45. The van der Waals surface area contributed by atoms with Crippen molar-refractivity contribution >= 4 is 38.9 Å². The number of rotatable bonds is 5. The summed E-state index contributed by atoms with van der Waals surface area (Å²) in [6.07, 6.45) is 0. The summed E-state index contributed by atoms with van der Waals surface area (Å²) in [5.41, 5.74) is 16.3. The molecule has 0 unspecified atom stereocenters. The molecule has 0 atom stereocenters. The van der Waals surface area contributed by atoms with Gasteiger partial charge in [0.15, 0.2) is 0 Å². The van der Waals surface area contributed by atoms with Crippen LogP contribution in [0.25, 0.3) is 83.6 Å². The van der Waals surface area contributed by atoms with E-state index in [9.17, 15) is 0 Å². The third-order valence-corrected chi connectivity index (χ3v) is 10.9. The van der Waals surface area contributed by atoms with Crippen molar-refractivity contribution in [3.8, 4) is 61.8 Å². The Morgan fingerprint density at radius 2 is 0.893 bits per heavy atom. The zero-order valence-corrected chi connectivity index (χ0v) is 30.4. The first-order valence-electron chi connectivity index (χ1n) is 19.0. The third kappa shape index (κ3) is 5.15. The highest BCUT2D eigenvalue weighted by Crippen LogP contribution is 2.54. The minimum atomic E-state index is 0.637. The predicted octanol–water partition coefficient (Wildman–Crippen LogP) is 13.7. The van der Waals surface area contributed by atoms with Crippen molar-refractivity contribution in [3.05, 3.63) is 206 Å². The lowest BCUT2D eigenvalue weighted by molar-refractivity contribution is 0.991. The topological polar surface area (TPSA) is 34.0 Å². The smallest absolute Gasteiger partial charge is 0.235 e. The standard InChI is InChI=1S/C52H34N4/c1-4-18-35(19-5-1)38-32-39(36-20-6-2-7-21-36)34-40(33-38)55-46-29-15-11-25-42(46)49-43-26-12-16-30-47(43)56(51(49)44-27-13-17-31-48(44)55)52-53-45-28-14-10-24-41(45)50(54-52)37-22-8-3-9-23-37/h1-34H. The molecule has 0 amide bonds. The van der Waals surface area contributed by atoms with Crippen LogP contribution in [0.15, 0.2) is 206 Å². The summed E-state index contributed by atoms with van der Waals surface area (Å²) in [6, 6.07) is 73.4. The van der Waals surface area contributed by atoms with Crippen LogP contribution in [0.5, 0.6) is 0 Å². The first kappa shape index (κ1) is 31.9. The van der Waals surface area contributed by atoms with Crippen LogP contribution < -0.4 is 4.90 Å². The molecule has 0 aliphatic carbocycles. The Kier molecular flexibility index (Phi) is 7.46. The zero-order chi connectivity index (χ0) is 37.0. The number of para-hydroxylation sites is 4. The minimum absolute atomic E-state index is 0.637. The predicted molar refractivity (Wildman–Crippen MR) is 232 cm³/mol. The molecule has 1 aliphatic rings. The molecule has 8 aromatic carbocycles. The average Bonchev–Trinajstić information content (AvgIpc) is 3.56. The molecule has 2 aromatic heterocycles. The number of fused-ring (bicyclic) bond motifs is 8. The van der Waals surface area contributed by atoms with Crippen molar-refractivity contribution in [2.75, 3.05) is 4.90 Å². The van der Waals surface area contributed by atoms with E-state index < -0.39 is 0 Å². The van der Waals surface area contributed by atoms with E-state index in [2.05, 4.69) is 210 Å². The van der Waals surface area contributed by atoms with Gasteiger partial charge in [-0.2, -0.15) is 0 Å². The second-order valence-electron chi connectivity index (χ2n) is 14.2. The number of nitrogens with zero attached hydrogens (tertiary/aromatic N) is 4. The highest BCUT2D eigenvalue weighted by Gasteiger charge is 2.32. The number of hydrogen-bond donors (Lipinski definition) is 0. The van der Waals surface area contributed by atoms with Crippen LogP contribution in [0.1, 0.15) is 0 Å². The van der Waals surface area contributed by atoms with E-state index in [1.54, 1.807) is 0 Å². The number of anilines is 3. The van der Waals surface area contributed by atoms with Gasteiger partial charge in [-0.25, -0.2) is 9.97 Å². The molecule has 0 saturated heterocycles. The summed E-state index contributed by atoms with van der Waals surface area (Å²) in [4.78, 5) is 13.2. The van der Waals surface area contributed by atoms with Gasteiger partial charge in [-0.1, -0.05) is 164 Å². The van der Waals surface area contributed by atoms with E-state index in [-0.39, 0.29) is 0 Å². The van der Waals surface area contributed by atoms with Crippen LogP contribution in [0.2, 0.25) is 0 Å². The molecule has 0 spiro atoms. The molecular formula is C52H34N4. The molecule has 4 nitrogen and oxygen atoms in total. The molecule has 4 heteroatoms. The third-order valence-electron chi connectivity index (χ3n) is 10.9. The summed E-state index contributed by atoms with van der Waals surface area (Å²) in [7, 11) is 0. The fourth-order valence-electron chi connectivity index (χ4n) is 8.45. The van der Waals surface area contributed by atoms with E-state index in [0.717, 1.165) is 83.6 Å². The summed E-state index contributed by atoms with van der Waals surface area (Å²) in [5.74, 6) is 0.637. The molecule has 10 aromatic rings. The van der Waals surface area contributed by atoms with Crippen molar-refractivity contribution in [2.45, 2.75) is 0 Å². The lowest BCUT2D eigenvalue weighted by atomic mass is 9.97. The molecule has 0 saturated carbocycles. The normalized spacial score (nSPS) is 11.9. The Bertz CT molecular complexity index is 3020. The number of hydrogen-bond acceptors (Lipinski definition) is 3. The molecule has 56 heavy (non-hydrogen) atoms. The second-order valence-corrected chi connectivity index (χ2v) is 14.2. The van der Waals surface area contributed by atoms with Gasteiger partial charge in [0, 0.05) is 38.7 Å². The Labute approximate surface area is 325 Å². The van der Waals surface area contributed by atoms with Gasteiger partial charge in [0.2, 0.25) is 5.95 Å². The van der Waals surface area contributed by atoms with Gasteiger partial charge in [-0.3, -0.25) is 4.57 Å². The lowest BCUT2D eigenvalue weighted by Gasteiger charge is -2.28. The van der Waals surface area contributed by atoms with E-state index in [0.29, 0.717) is 5.95 Å². The van der Waals surface area contributed by atoms with Gasteiger partial charge >= 0.3 is 0 Å². The van der Waals surface area contributed by atoms with Crippen LogP contribution >= 0.6 is 0 Å². The maximum absolute atomic E-state index is 5.44. The largest absolute Gasteiger partial charge is 0.309 e. The Balaban J connectivity index is 1.23. The summed E-state index contributed by atoms with van der Waals surface area (Å²) >= 11 is 0. The highest BCUT2D eigenvalue weighted by atomic mass is 15.2. The number of aromatic nitrogens is 3. The zero-order valence-electron chi connectivity index (χ0n) is 30.4. The van der Waals surface area contributed by atoms with Crippen LogP contribution in [-0.4, -0.2) is 14.5 Å². The van der Waals surface area contributed by atoms with Crippen LogP contribution in [0.3, 0.4) is 0 Å². The van der Waals surface area contributed by atoms with Crippen LogP contribution in [-0.2, 0) is 0 Å². The molecule has 3 heterocycles. The van der Waals surface area contributed by atoms with Crippen molar-refractivity contribution in [2.24, 2.45) is 0 Å². The minimum Gasteiger partial charge on any atom is -0.309 e. The lowest BCUT2D eigenvalue weighted by Crippen LogP contribution is -2.12. The summed E-state index contributed by atoms with van der Waals surface area (Å²) < 4.78 is 2.29. The van der Waals surface area contributed by atoms with Crippen molar-refractivity contribution in [1.82, 2.24) is 14.5 Å². The molecule has 0 radical (unpaired) electrons. The van der Waals surface area contributed by atoms with Gasteiger partial charge in [0.25, 0.3) is 0 Å². The van der Waals surface area contributed by atoms with Gasteiger partial charge in [-0.05, 0) is 64.7 Å². The first-order chi connectivity index (χ1) is 27.8. The second kappa shape index (κ2) is 13.1. The maximum atomic E-state index is 5.44. The van der Waals surface area contributed by atoms with Crippen molar-refractivity contribution in [1.29, 1.82) is 0 Å². The van der Waals surface area contributed by atoms with Gasteiger partial charge in [0.05, 0.1) is 33.8 Å². The van der Waals surface area contributed by atoms with E-state index in [1.807, 2.05) is 6.07 Å². The molecule has 0 bridgehead atoms. The van der Waals surface area contributed by atoms with E-state index >= 15 is 0 Å². The molecule has 1 aliphatic heterocycles.